The van der Waals surface area contributed by atoms with Crippen molar-refractivity contribution in [1.82, 2.24) is 14.6 Å². The van der Waals surface area contributed by atoms with Crippen LogP contribution in [0.2, 0.25) is 0 Å². The Kier molecular flexibility index (Phi) is 3.80. The Hall–Kier alpha value is -3.17. The average Bonchev–Trinajstić information content (AvgIpc) is 2.87. The highest BCUT2D eigenvalue weighted by Gasteiger charge is 2.31. The Labute approximate surface area is 131 Å². The highest BCUT2D eigenvalue weighted by Crippen LogP contribution is 2.22. The Morgan fingerprint density at radius 2 is 1.83 bits per heavy atom. The zero-order chi connectivity index (χ0) is 17.3. The van der Waals surface area contributed by atoms with Crippen LogP contribution in [0.5, 0.6) is 5.75 Å². The van der Waals surface area contributed by atoms with Crippen LogP contribution in [0.25, 0.3) is 5.65 Å². The Morgan fingerprint density at radius 1 is 1.12 bits per heavy atom. The fraction of sp³-hybridized carbons (Fsp3) is 0.0714. The Balaban J connectivity index is 1.73. The second-order valence-electron chi connectivity index (χ2n) is 4.61. The number of pyridine rings is 1. The molecule has 24 heavy (non-hydrogen) atoms. The van der Waals surface area contributed by atoms with Gasteiger partial charge in [0.2, 0.25) is 5.95 Å². The lowest BCUT2D eigenvalue weighted by Gasteiger charge is -2.08. The normalized spacial score (nSPS) is 11.5. The molecule has 124 valence electrons. The van der Waals surface area contributed by atoms with Crippen LogP contribution in [-0.4, -0.2) is 26.9 Å². The van der Waals surface area contributed by atoms with Crippen molar-refractivity contribution in [3.8, 4) is 5.75 Å². The number of carbonyl (C=O) groups excluding carboxylic acids is 1. The van der Waals surface area contributed by atoms with Gasteiger partial charge in [0, 0.05) is 5.56 Å². The molecule has 1 amide bonds. The molecule has 0 aliphatic heterocycles. The van der Waals surface area contributed by atoms with Gasteiger partial charge in [-0.15, -0.1) is 18.3 Å². The maximum atomic E-state index is 13.1. The number of benzene rings is 1. The van der Waals surface area contributed by atoms with Crippen molar-refractivity contribution in [3.05, 3.63) is 54.0 Å². The van der Waals surface area contributed by atoms with Crippen molar-refractivity contribution in [2.45, 2.75) is 6.36 Å². The van der Waals surface area contributed by atoms with E-state index in [-0.39, 0.29) is 11.5 Å². The van der Waals surface area contributed by atoms with Crippen molar-refractivity contribution in [2.24, 2.45) is 0 Å². The third-order valence-corrected chi connectivity index (χ3v) is 2.87. The van der Waals surface area contributed by atoms with Crippen molar-refractivity contribution in [1.29, 1.82) is 0 Å². The number of rotatable bonds is 3. The van der Waals surface area contributed by atoms with Gasteiger partial charge in [-0.05, 0) is 36.4 Å². The number of hydrogen-bond donors (Lipinski definition) is 1. The minimum atomic E-state index is -4.81. The fourth-order valence-corrected chi connectivity index (χ4v) is 1.89. The number of aromatic nitrogens is 3. The molecule has 1 N–H and O–H groups in total. The molecule has 2 aromatic heterocycles. The van der Waals surface area contributed by atoms with E-state index in [9.17, 15) is 22.4 Å². The van der Waals surface area contributed by atoms with Gasteiger partial charge in [0.25, 0.3) is 5.91 Å². The van der Waals surface area contributed by atoms with E-state index in [0.717, 1.165) is 35.0 Å². The molecule has 0 radical (unpaired) electrons. The summed E-state index contributed by atoms with van der Waals surface area (Å²) < 4.78 is 54.1. The van der Waals surface area contributed by atoms with E-state index in [0.29, 0.717) is 5.65 Å². The van der Waals surface area contributed by atoms with Crippen LogP contribution in [0, 0.1) is 5.82 Å². The molecule has 0 atom stereocenters. The van der Waals surface area contributed by atoms with Gasteiger partial charge in [-0.1, -0.05) is 0 Å². The van der Waals surface area contributed by atoms with E-state index in [4.69, 9.17) is 0 Å². The van der Waals surface area contributed by atoms with Crippen LogP contribution in [0.1, 0.15) is 10.4 Å². The lowest BCUT2D eigenvalue weighted by atomic mass is 10.2. The van der Waals surface area contributed by atoms with Gasteiger partial charge in [-0.3, -0.25) is 10.1 Å². The van der Waals surface area contributed by atoms with E-state index in [1.54, 1.807) is 0 Å². The summed E-state index contributed by atoms with van der Waals surface area (Å²) in [6.07, 6.45) is -3.72. The molecule has 0 aliphatic rings. The largest absolute Gasteiger partial charge is 0.573 e. The van der Waals surface area contributed by atoms with Gasteiger partial charge >= 0.3 is 6.36 Å². The van der Waals surface area contributed by atoms with Crippen molar-refractivity contribution in [2.75, 3.05) is 5.32 Å². The van der Waals surface area contributed by atoms with Crippen molar-refractivity contribution in [3.63, 3.8) is 0 Å². The number of anilines is 1. The standard InChI is InChI=1S/C14H8F4N4O2/c15-9-3-6-11-19-13(21-22(11)7-9)20-12(23)8-1-4-10(5-2-8)24-14(16,17)18/h1-7H,(H,20,21,23). The van der Waals surface area contributed by atoms with E-state index in [1.165, 1.54) is 12.1 Å². The second kappa shape index (κ2) is 5.80. The molecule has 6 nitrogen and oxygen atoms in total. The highest BCUT2D eigenvalue weighted by atomic mass is 19.4. The van der Waals surface area contributed by atoms with Crippen molar-refractivity contribution < 1.29 is 27.1 Å². The van der Waals surface area contributed by atoms with Gasteiger partial charge in [-0.25, -0.2) is 8.91 Å². The van der Waals surface area contributed by atoms with Gasteiger partial charge in [0.15, 0.2) is 5.65 Å². The lowest BCUT2D eigenvalue weighted by molar-refractivity contribution is -0.274. The first-order chi connectivity index (χ1) is 11.3. The number of nitrogens with one attached hydrogen (secondary N) is 1. The third-order valence-electron chi connectivity index (χ3n) is 2.87. The molecule has 1 aromatic carbocycles. The summed E-state index contributed by atoms with van der Waals surface area (Å²) in [7, 11) is 0. The van der Waals surface area contributed by atoms with E-state index in [1.807, 2.05) is 0 Å². The van der Waals surface area contributed by atoms with Crippen LogP contribution in [-0.2, 0) is 0 Å². The molecule has 10 heteroatoms. The molecule has 2 heterocycles. The molecular weight excluding hydrogens is 332 g/mol. The molecule has 3 aromatic rings. The predicted octanol–water partition coefficient (Wildman–Crippen LogP) is 3.02. The number of ether oxygens (including phenoxy) is 1. The molecule has 0 unspecified atom stereocenters. The summed E-state index contributed by atoms with van der Waals surface area (Å²) in [5.41, 5.74) is 0.398. The number of carbonyl (C=O) groups is 1. The summed E-state index contributed by atoms with van der Waals surface area (Å²) in [6, 6.07) is 6.90. The molecule has 0 aliphatic carbocycles. The number of alkyl halides is 3. The first kappa shape index (κ1) is 15.7. The topological polar surface area (TPSA) is 68.5 Å². The average molecular weight is 340 g/mol. The SMILES string of the molecule is O=C(Nc1nc2ccc(F)cn2n1)c1ccc(OC(F)(F)F)cc1. The first-order valence-electron chi connectivity index (χ1n) is 6.49. The van der Waals surface area contributed by atoms with Crippen molar-refractivity contribution >= 4 is 17.5 Å². The van der Waals surface area contributed by atoms with E-state index in [2.05, 4.69) is 20.1 Å². The second-order valence-corrected chi connectivity index (χ2v) is 4.61. The molecule has 0 bridgehead atoms. The number of halogens is 4. The van der Waals surface area contributed by atoms with Crippen LogP contribution in [0.3, 0.4) is 0 Å². The third kappa shape index (κ3) is 3.59. The number of fused-ring (bicyclic) bond motifs is 1. The highest BCUT2D eigenvalue weighted by molar-refractivity contribution is 6.03. The summed E-state index contributed by atoms with van der Waals surface area (Å²) in [5, 5.41) is 6.23. The summed E-state index contributed by atoms with van der Waals surface area (Å²) in [5.74, 6) is -1.67. The van der Waals surface area contributed by atoms with Crippen LogP contribution in [0.15, 0.2) is 42.6 Å². The van der Waals surface area contributed by atoms with Crippen LogP contribution >= 0.6 is 0 Å². The number of amides is 1. The first-order valence-corrected chi connectivity index (χ1v) is 6.49. The molecular formula is C14H8F4N4O2. The summed E-state index contributed by atoms with van der Waals surface area (Å²) in [4.78, 5) is 16.0. The zero-order valence-corrected chi connectivity index (χ0v) is 11.7. The van der Waals surface area contributed by atoms with Gasteiger partial charge in [0.05, 0.1) is 6.20 Å². The molecule has 0 saturated carbocycles. The van der Waals surface area contributed by atoms with Gasteiger partial charge in [0.1, 0.15) is 11.6 Å². The smallest absolute Gasteiger partial charge is 0.406 e. The molecule has 3 rings (SSSR count). The van der Waals surface area contributed by atoms with E-state index < -0.39 is 23.8 Å². The quantitative estimate of drug-likeness (QED) is 0.744. The van der Waals surface area contributed by atoms with Crippen LogP contribution < -0.4 is 10.1 Å². The van der Waals surface area contributed by atoms with E-state index >= 15 is 0 Å². The Bertz CT molecular complexity index is 890. The minimum absolute atomic E-state index is 0.0683. The minimum Gasteiger partial charge on any atom is -0.406 e. The summed E-state index contributed by atoms with van der Waals surface area (Å²) in [6.45, 7) is 0. The fourth-order valence-electron chi connectivity index (χ4n) is 1.89. The maximum absolute atomic E-state index is 13.1. The predicted molar refractivity (Wildman–Crippen MR) is 74.0 cm³/mol. The summed E-state index contributed by atoms with van der Waals surface area (Å²) >= 11 is 0. The molecule has 0 spiro atoms. The van der Waals surface area contributed by atoms with Crippen LogP contribution in [0.4, 0.5) is 23.5 Å². The molecule has 0 fully saturated rings. The monoisotopic (exact) mass is 340 g/mol. The number of nitrogens with zero attached hydrogens (tertiary/aromatic N) is 3. The number of hydrogen-bond acceptors (Lipinski definition) is 4. The lowest BCUT2D eigenvalue weighted by Crippen LogP contribution is -2.17. The van der Waals surface area contributed by atoms with Gasteiger partial charge < -0.3 is 4.74 Å². The maximum Gasteiger partial charge on any atom is 0.573 e. The molecule has 0 saturated heterocycles. The zero-order valence-electron chi connectivity index (χ0n) is 11.7. The van der Waals surface area contributed by atoms with Gasteiger partial charge in [-0.2, -0.15) is 4.98 Å². The Morgan fingerprint density at radius 3 is 2.50 bits per heavy atom.